The predicted octanol–water partition coefficient (Wildman–Crippen LogP) is 2.14. The van der Waals surface area contributed by atoms with E-state index in [2.05, 4.69) is 46.4 Å². The molecule has 16 heavy (non-hydrogen) atoms. The lowest BCUT2D eigenvalue weighted by Gasteiger charge is -2.40. The summed E-state index contributed by atoms with van der Waals surface area (Å²) in [7, 11) is 0. The van der Waals surface area contributed by atoms with Crippen molar-refractivity contribution in [2.24, 2.45) is 11.1 Å². The van der Waals surface area contributed by atoms with E-state index in [0.29, 0.717) is 6.54 Å². The summed E-state index contributed by atoms with van der Waals surface area (Å²) < 4.78 is 6.36. The highest BCUT2D eigenvalue weighted by Gasteiger charge is 2.36. The van der Waals surface area contributed by atoms with Crippen LogP contribution in [0.15, 0.2) is 22.7 Å². The third-order valence-electron chi connectivity index (χ3n) is 3.09. The molecule has 1 aromatic carbocycles. The Balaban J connectivity index is 1.96. The van der Waals surface area contributed by atoms with Gasteiger partial charge in [-0.25, -0.2) is 0 Å². The Morgan fingerprint density at radius 3 is 2.75 bits per heavy atom. The van der Waals surface area contributed by atoms with Gasteiger partial charge in [-0.05, 0) is 24.6 Å². The molecule has 1 aromatic rings. The Morgan fingerprint density at radius 2 is 2.25 bits per heavy atom. The summed E-state index contributed by atoms with van der Waals surface area (Å²) in [5.41, 5.74) is 8.26. The van der Waals surface area contributed by atoms with Crippen LogP contribution in [-0.4, -0.2) is 26.3 Å². The molecule has 0 aromatic heterocycles. The number of halogens is 1. The zero-order valence-corrected chi connectivity index (χ0v) is 11.0. The van der Waals surface area contributed by atoms with Crippen LogP contribution in [0.1, 0.15) is 5.56 Å². The number of benzene rings is 1. The van der Waals surface area contributed by atoms with Crippen molar-refractivity contribution in [1.82, 2.24) is 0 Å². The van der Waals surface area contributed by atoms with Crippen LogP contribution in [0.25, 0.3) is 0 Å². The SMILES string of the molecule is Cc1ccc(NCC2(CN)COC2)cc1Br. The Kier molecular flexibility index (Phi) is 3.52. The first-order valence-electron chi connectivity index (χ1n) is 5.43. The molecule has 1 fully saturated rings. The highest BCUT2D eigenvalue weighted by molar-refractivity contribution is 9.10. The summed E-state index contributed by atoms with van der Waals surface area (Å²) in [6.45, 7) is 5.16. The second-order valence-corrected chi connectivity index (χ2v) is 5.37. The van der Waals surface area contributed by atoms with Gasteiger partial charge in [0.2, 0.25) is 0 Å². The van der Waals surface area contributed by atoms with Crippen LogP contribution < -0.4 is 11.1 Å². The first-order chi connectivity index (χ1) is 7.65. The van der Waals surface area contributed by atoms with Crippen molar-refractivity contribution in [1.29, 1.82) is 0 Å². The molecule has 0 atom stereocenters. The van der Waals surface area contributed by atoms with Gasteiger partial charge in [0, 0.05) is 28.7 Å². The largest absolute Gasteiger partial charge is 0.384 e. The Hall–Kier alpha value is -0.580. The average Bonchev–Trinajstić information content (AvgIpc) is 2.22. The van der Waals surface area contributed by atoms with Crippen molar-refractivity contribution in [2.45, 2.75) is 6.92 Å². The molecule has 0 saturated carbocycles. The second kappa shape index (κ2) is 4.73. The van der Waals surface area contributed by atoms with Gasteiger partial charge < -0.3 is 15.8 Å². The van der Waals surface area contributed by atoms with Gasteiger partial charge in [-0.1, -0.05) is 22.0 Å². The standard InChI is InChI=1S/C12H17BrN2O/c1-9-2-3-10(4-11(9)13)15-6-12(5-14)7-16-8-12/h2-4,15H,5-8,14H2,1H3. The Bertz CT molecular complexity index is 372. The minimum absolute atomic E-state index is 0.136. The lowest BCUT2D eigenvalue weighted by molar-refractivity contribution is -0.0979. The van der Waals surface area contributed by atoms with Crippen molar-refractivity contribution < 1.29 is 4.74 Å². The minimum Gasteiger partial charge on any atom is -0.384 e. The summed E-state index contributed by atoms with van der Waals surface area (Å²) in [6.07, 6.45) is 0. The van der Waals surface area contributed by atoms with Crippen molar-refractivity contribution >= 4 is 21.6 Å². The molecule has 4 heteroatoms. The van der Waals surface area contributed by atoms with Gasteiger partial charge in [-0.3, -0.25) is 0 Å². The van der Waals surface area contributed by atoms with Crippen LogP contribution in [-0.2, 0) is 4.74 Å². The normalized spacial score (nSPS) is 17.9. The molecule has 0 bridgehead atoms. The summed E-state index contributed by atoms with van der Waals surface area (Å²) in [5.74, 6) is 0. The van der Waals surface area contributed by atoms with Crippen LogP contribution >= 0.6 is 15.9 Å². The lowest BCUT2D eigenvalue weighted by atomic mass is 9.86. The molecule has 0 radical (unpaired) electrons. The lowest BCUT2D eigenvalue weighted by Crippen LogP contribution is -2.52. The van der Waals surface area contributed by atoms with Gasteiger partial charge in [0.1, 0.15) is 0 Å². The third-order valence-corrected chi connectivity index (χ3v) is 3.94. The van der Waals surface area contributed by atoms with Gasteiger partial charge in [0.25, 0.3) is 0 Å². The fraction of sp³-hybridized carbons (Fsp3) is 0.500. The molecule has 1 aliphatic heterocycles. The fourth-order valence-corrected chi connectivity index (χ4v) is 2.05. The molecule has 0 aliphatic carbocycles. The average molecular weight is 285 g/mol. The van der Waals surface area contributed by atoms with E-state index in [1.165, 1.54) is 5.56 Å². The number of nitrogens with two attached hydrogens (primary N) is 1. The van der Waals surface area contributed by atoms with Crippen LogP contribution in [0.5, 0.6) is 0 Å². The monoisotopic (exact) mass is 284 g/mol. The van der Waals surface area contributed by atoms with Crippen molar-refractivity contribution in [3.63, 3.8) is 0 Å². The second-order valence-electron chi connectivity index (χ2n) is 4.51. The molecule has 1 aliphatic rings. The van der Waals surface area contributed by atoms with Crippen LogP contribution in [0, 0.1) is 12.3 Å². The summed E-state index contributed by atoms with van der Waals surface area (Å²) in [6, 6.07) is 6.28. The summed E-state index contributed by atoms with van der Waals surface area (Å²) in [4.78, 5) is 0. The number of ether oxygens (including phenoxy) is 1. The molecule has 0 amide bonds. The maximum Gasteiger partial charge on any atom is 0.0574 e. The maximum atomic E-state index is 5.76. The van der Waals surface area contributed by atoms with E-state index in [9.17, 15) is 0 Å². The van der Waals surface area contributed by atoms with E-state index in [1.807, 2.05) is 0 Å². The molecule has 3 N–H and O–H groups in total. The first kappa shape index (κ1) is 11.9. The first-order valence-corrected chi connectivity index (χ1v) is 6.22. The number of hydrogen-bond donors (Lipinski definition) is 2. The topological polar surface area (TPSA) is 47.3 Å². The van der Waals surface area contributed by atoms with E-state index < -0.39 is 0 Å². The number of hydrogen-bond acceptors (Lipinski definition) is 3. The van der Waals surface area contributed by atoms with E-state index >= 15 is 0 Å². The fourth-order valence-electron chi connectivity index (χ4n) is 1.68. The Labute approximate surface area is 104 Å². The zero-order chi connectivity index (χ0) is 11.6. The van der Waals surface area contributed by atoms with E-state index in [1.54, 1.807) is 0 Å². The van der Waals surface area contributed by atoms with Crippen molar-refractivity contribution in [3.8, 4) is 0 Å². The molecule has 1 saturated heterocycles. The van der Waals surface area contributed by atoms with E-state index in [4.69, 9.17) is 10.5 Å². The van der Waals surface area contributed by atoms with E-state index in [-0.39, 0.29) is 5.41 Å². The summed E-state index contributed by atoms with van der Waals surface area (Å²) >= 11 is 3.53. The highest BCUT2D eigenvalue weighted by Crippen LogP contribution is 2.27. The van der Waals surface area contributed by atoms with Gasteiger partial charge in [-0.15, -0.1) is 0 Å². The van der Waals surface area contributed by atoms with Gasteiger partial charge in [0.15, 0.2) is 0 Å². The quantitative estimate of drug-likeness (QED) is 0.891. The molecule has 1 heterocycles. The van der Waals surface area contributed by atoms with Gasteiger partial charge >= 0.3 is 0 Å². The number of nitrogens with one attached hydrogen (secondary N) is 1. The van der Waals surface area contributed by atoms with Crippen LogP contribution in [0.4, 0.5) is 5.69 Å². The Morgan fingerprint density at radius 1 is 1.50 bits per heavy atom. The molecule has 0 spiro atoms. The zero-order valence-electron chi connectivity index (χ0n) is 9.42. The maximum absolute atomic E-state index is 5.76. The van der Waals surface area contributed by atoms with Crippen molar-refractivity contribution in [3.05, 3.63) is 28.2 Å². The minimum atomic E-state index is 0.136. The number of rotatable bonds is 4. The van der Waals surface area contributed by atoms with Gasteiger partial charge in [0.05, 0.1) is 13.2 Å². The number of anilines is 1. The van der Waals surface area contributed by atoms with Crippen LogP contribution in [0.2, 0.25) is 0 Å². The summed E-state index contributed by atoms with van der Waals surface area (Å²) in [5, 5.41) is 3.42. The van der Waals surface area contributed by atoms with Gasteiger partial charge in [-0.2, -0.15) is 0 Å². The third kappa shape index (κ3) is 2.39. The predicted molar refractivity (Wildman–Crippen MR) is 69.7 cm³/mol. The molecule has 0 unspecified atom stereocenters. The van der Waals surface area contributed by atoms with E-state index in [0.717, 1.165) is 29.9 Å². The highest BCUT2D eigenvalue weighted by atomic mass is 79.9. The molecular formula is C12H17BrN2O. The molecular weight excluding hydrogens is 268 g/mol. The van der Waals surface area contributed by atoms with Crippen molar-refractivity contribution in [2.75, 3.05) is 31.6 Å². The van der Waals surface area contributed by atoms with Crippen LogP contribution in [0.3, 0.4) is 0 Å². The molecule has 3 nitrogen and oxygen atoms in total. The number of aryl methyl sites for hydroxylation is 1. The molecule has 2 rings (SSSR count). The smallest absolute Gasteiger partial charge is 0.0574 e. The molecule has 88 valence electrons.